The van der Waals surface area contributed by atoms with Crippen molar-refractivity contribution in [2.24, 2.45) is 5.16 Å². The van der Waals surface area contributed by atoms with Crippen LogP contribution in [0.3, 0.4) is 0 Å². The van der Waals surface area contributed by atoms with Gasteiger partial charge in [0.15, 0.2) is 6.61 Å². The Labute approximate surface area is 193 Å². The maximum Gasteiger partial charge on any atom is 0.341 e. The quantitative estimate of drug-likeness (QED) is 0.167. The number of nitrogens with zero attached hydrogens (tertiary/aromatic N) is 1. The number of hydrogen-bond donors (Lipinski definition) is 1. The van der Waals surface area contributed by atoms with Gasteiger partial charge in [0.05, 0.1) is 5.71 Å². The predicted octanol–water partition coefficient (Wildman–Crippen LogP) is 6.05. The molecule has 0 radical (unpaired) electrons. The fourth-order valence-electron chi connectivity index (χ4n) is 3.14. The zero-order valence-electron chi connectivity index (χ0n) is 18.3. The molecule has 0 amide bonds. The van der Waals surface area contributed by atoms with Gasteiger partial charge in [0.2, 0.25) is 0 Å². The predicted molar refractivity (Wildman–Crippen MR) is 130 cm³/mol. The van der Waals surface area contributed by atoms with Gasteiger partial charge < -0.3 is 14.7 Å². The van der Waals surface area contributed by atoms with Crippen LogP contribution in [0.15, 0.2) is 82.8 Å². The van der Waals surface area contributed by atoms with Gasteiger partial charge in [-0.1, -0.05) is 66.7 Å². The van der Waals surface area contributed by atoms with Crippen molar-refractivity contribution >= 4 is 23.4 Å². The van der Waals surface area contributed by atoms with Gasteiger partial charge in [0.1, 0.15) is 12.4 Å². The molecule has 0 aliphatic heterocycles. The van der Waals surface area contributed by atoms with Crippen molar-refractivity contribution in [1.29, 1.82) is 0 Å². The summed E-state index contributed by atoms with van der Waals surface area (Å²) in [6, 6.07) is 24.4. The monoisotopic (exact) mass is 449 g/mol. The SMILES string of the molecule is CC/C(=N\OCCSc1ccc(OCC(=O)O)c(C)c1)c1ccc(-c2ccccc2)cc1. The van der Waals surface area contributed by atoms with E-state index in [2.05, 4.69) is 48.5 Å². The molecule has 0 saturated heterocycles. The van der Waals surface area contributed by atoms with Gasteiger partial charge in [-0.25, -0.2) is 4.79 Å². The van der Waals surface area contributed by atoms with E-state index < -0.39 is 5.97 Å². The Kier molecular flexibility index (Phi) is 8.75. The molecule has 166 valence electrons. The number of benzene rings is 3. The van der Waals surface area contributed by atoms with Crippen LogP contribution in [0, 0.1) is 6.92 Å². The molecule has 3 aromatic rings. The number of carboxylic acids is 1. The molecule has 0 aromatic heterocycles. The van der Waals surface area contributed by atoms with Crippen LogP contribution in [-0.2, 0) is 9.63 Å². The molecule has 0 aliphatic rings. The number of rotatable bonds is 11. The lowest BCUT2D eigenvalue weighted by molar-refractivity contribution is -0.139. The Morgan fingerprint density at radius 1 is 1.00 bits per heavy atom. The molecule has 0 saturated carbocycles. The summed E-state index contributed by atoms with van der Waals surface area (Å²) in [4.78, 5) is 17.3. The molecule has 0 heterocycles. The van der Waals surface area contributed by atoms with E-state index in [1.165, 1.54) is 11.1 Å². The second-order valence-electron chi connectivity index (χ2n) is 7.13. The van der Waals surface area contributed by atoms with Crippen molar-refractivity contribution in [1.82, 2.24) is 0 Å². The number of hydrogen-bond acceptors (Lipinski definition) is 5. The molecule has 0 bridgehead atoms. The largest absolute Gasteiger partial charge is 0.482 e. The number of ether oxygens (including phenoxy) is 1. The fourth-order valence-corrected chi connectivity index (χ4v) is 3.96. The number of thioether (sulfide) groups is 1. The molecule has 32 heavy (non-hydrogen) atoms. The zero-order valence-corrected chi connectivity index (χ0v) is 19.1. The molecule has 3 aromatic carbocycles. The lowest BCUT2D eigenvalue weighted by atomic mass is 10.0. The standard InChI is InChI=1S/C26H27NO4S/c1-3-24(22-11-9-21(10-12-22)20-7-5-4-6-8-20)27-31-15-16-32-23-13-14-25(19(2)17-23)30-18-26(28)29/h4-14,17H,3,15-16,18H2,1-2H3,(H,28,29)/b27-24+. The average Bonchev–Trinajstić information content (AvgIpc) is 2.81. The third kappa shape index (κ3) is 6.89. The van der Waals surface area contributed by atoms with E-state index in [0.717, 1.165) is 33.9 Å². The number of carbonyl (C=O) groups is 1. The van der Waals surface area contributed by atoms with Crippen molar-refractivity contribution in [3.05, 3.63) is 83.9 Å². The second-order valence-corrected chi connectivity index (χ2v) is 8.29. The van der Waals surface area contributed by atoms with E-state index >= 15 is 0 Å². The summed E-state index contributed by atoms with van der Waals surface area (Å²) < 4.78 is 5.26. The summed E-state index contributed by atoms with van der Waals surface area (Å²) in [7, 11) is 0. The summed E-state index contributed by atoms with van der Waals surface area (Å²) in [6.07, 6.45) is 0.787. The molecular formula is C26H27NO4S. The normalized spacial score (nSPS) is 11.2. The van der Waals surface area contributed by atoms with Crippen molar-refractivity contribution in [3.63, 3.8) is 0 Å². The maximum atomic E-state index is 10.6. The molecule has 0 aliphatic carbocycles. The van der Waals surface area contributed by atoms with E-state index in [9.17, 15) is 4.79 Å². The van der Waals surface area contributed by atoms with E-state index in [4.69, 9.17) is 14.7 Å². The van der Waals surface area contributed by atoms with Crippen LogP contribution >= 0.6 is 11.8 Å². The molecule has 5 nitrogen and oxygen atoms in total. The summed E-state index contributed by atoms with van der Waals surface area (Å²) in [5.74, 6) is 0.352. The Morgan fingerprint density at radius 3 is 2.38 bits per heavy atom. The highest BCUT2D eigenvalue weighted by Gasteiger charge is 2.06. The molecule has 6 heteroatoms. The minimum absolute atomic E-state index is 0.339. The first-order valence-corrected chi connectivity index (χ1v) is 11.5. The highest BCUT2D eigenvalue weighted by Crippen LogP contribution is 2.25. The molecule has 0 fully saturated rings. The third-order valence-corrected chi connectivity index (χ3v) is 5.73. The topological polar surface area (TPSA) is 68.1 Å². The first kappa shape index (κ1) is 23.4. The lowest BCUT2D eigenvalue weighted by Crippen LogP contribution is -2.10. The lowest BCUT2D eigenvalue weighted by Gasteiger charge is -2.09. The molecule has 0 spiro atoms. The summed E-state index contributed by atoms with van der Waals surface area (Å²) in [6.45, 7) is 4.12. The molecule has 0 unspecified atom stereocenters. The smallest absolute Gasteiger partial charge is 0.341 e. The minimum Gasteiger partial charge on any atom is -0.482 e. The van der Waals surface area contributed by atoms with Crippen LogP contribution in [-0.4, -0.2) is 35.8 Å². The maximum absolute atomic E-state index is 10.6. The summed E-state index contributed by atoms with van der Waals surface area (Å²) in [5.41, 5.74) is 5.26. The van der Waals surface area contributed by atoms with Crippen LogP contribution in [0.5, 0.6) is 5.75 Å². The number of aliphatic carboxylic acids is 1. The van der Waals surface area contributed by atoms with Crippen molar-refractivity contribution < 1.29 is 19.5 Å². The second kappa shape index (κ2) is 12.0. The molecule has 3 rings (SSSR count). The first-order chi connectivity index (χ1) is 15.6. The molecular weight excluding hydrogens is 422 g/mol. The van der Waals surface area contributed by atoms with Crippen LogP contribution in [0.25, 0.3) is 11.1 Å². The van der Waals surface area contributed by atoms with Gasteiger partial charge in [-0.3, -0.25) is 0 Å². The van der Waals surface area contributed by atoms with E-state index in [1.54, 1.807) is 17.8 Å². The number of aryl methyl sites for hydroxylation is 1. The van der Waals surface area contributed by atoms with Crippen LogP contribution in [0.1, 0.15) is 24.5 Å². The van der Waals surface area contributed by atoms with Crippen molar-refractivity contribution in [2.45, 2.75) is 25.2 Å². The number of carboxylic acid groups (broad SMARTS) is 1. The minimum atomic E-state index is -0.987. The highest BCUT2D eigenvalue weighted by molar-refractivity contribution is 7.99. The molecule has 1 N–H and O–H groups in total. The fraction of sp³-hybridized carbons (Fsp3) is 0.231. The Morgan fingerprint density at radius 2 is 1.72 bits per heavy atom. The summed E-state index contributed by atoms with van der Waals surface area (Å²) in [5, 5.41) is 13.1. The average molecular weight is 450 g/mol. The van der Waals surface area contributed by atoms with Gasteiger partial charge in [0, 0.05) is 10.6 Å². The highest BCUT2D eigenvalue weighted by atomic mass is 32.2. The van der Waals surface area contributed by atoms with Gasteiger partial charge in [-0.05, 0) is 53.8 Å². The Hall–Kier alpha value is -3.25. The van der Waals surface area contributed by atoms with Gasteiger partial charge in [0.25, 0.3) is 0 Å². The van der Waals surface area contributed by atoms with Crippen molar-refractivity contribution in [3.8, 4) is 16.9 Å². The van der Waals surface area contributed by atoms with E-state index in [-0.39, 0.29) is 6.61 Å². The first-order valence-electron chi connectivity index (χ1n) is 10.5. The van der Waals surface area contributed by atoms with Gasteiger partial charge >= 0.3 is 5.97 Å². The number of oxime groups is 1. The third-order valence-electron chi connectivity index (χ3n) is 4.78. The van der Waals surface area contributed by atoms with Crippen LogP contribution in [0.4, 0.5) is 0 Å². The van der Waals surface area contributed by atoms with Gasteiger partial charge in [-0.2, -0.15) is 0 Å². The Bertz CT molecular complexity index is 1050. The Balaban J connectivity index is 1.49. The molecule has 0 atom stereocenters. The zero-order chi connectivity index (χ0) is 22.8. The van der Waals surface area contributed by atoms with E-state index in [0.29, 0.717) is 12.4 Å². The van der Waals surface area contributed by atoms with E-state index in [1.807, 2.05) is 37.3 Å². The van der Waals surface area contributed by atoms with Crippen LogP contribution < -0.4 is 4.74 Å². The van der Waals surface area contributed by atoms with Crippen molar-refractivity contribution in [2.75, 3.05) is 19.0 Å². The van der Waals surface area contributed by atoms with Crippen LogP contribution in [0.2, 0.25) is 0 Å². The van der Waals surface area contributed by atoms with Gasteiger partial charge in [-0.15, -0.1) is 11.8 Å². The summed E-state index contributed by atoms with van der Waals surface area (Å²) >= 11 is 1.66.